The predicted octanol–water partition coefficient (Wildman–Crippen LogP) is 4.51. The molecule has 2 saturated heterocycles. The van der Waals surface area contributed by atoms with Crippen LogP contribution in [0.3, 0.4) is 0 Å². The van der Waals surface area contributed by atoms with Gasteiger partial charge in [0.1, 0.15) is 0 Å². The normalized spacial score (nSPS) is 26.0. The van der Waals surface area contributed by atoms with Gasteiger partial charge in [-0.15, -0.1) is 0 Å². The van der Waals surface area contributed by atoms with Crippen LogP contribution >= 0.6 is 23.2 Å². The summed E-state index contributed by atoms with van der Waals surface area (Å²) < 4.78 is 5.22. The molecule has 5 rings (SSSR count). The summed E-state index contributed by atoms with van der Waals surface area (Å²) in [6.07, 6.45) is 0. The number of methoxy groups -OCH3 is 1. The molecule has 0 bridgehead atoms. The quantitative estimate of drug-likeness (QED) is 0.426. The molecule has 0 aromatic heterocycles. The molecule has 2 aliphatic rings. The fourth-order valence-corrected chi connectivity index (χ4v) is 5.39. The largest absolute Gasteiger partial charge is 0.467 e. The van der Waals surface area contributed by atoms with E-state index < -0.39 is 41.2 Å². The Kier molecular flexibility index (Phi) is 5.68. The van der Waals surface area contributed by atoms with Crippen molar-refractivity contribution in [2.24, 2.45) is 11.8 Å². The van der Waals surface area contributed by atoms with Gasteiger partial charge >= 0.3 is 5.97 Å². The van der Waals surface area contributed by atoms with E-state index >= 15 is 0 Å². The summed E-state index contributed by atoms with van der Waals surface area (Å²) in [5.41, 5.74) is 0.127. The van der Waals surface area contributed by atoms with Crippen LogP contribution in [0.25, 0.3) is 0 Å². The van der Waals surface area contributed by atoms with Crippen LogP contribution in [-0.2, 0) is 24.7 Å². The lowest BCUT2D eigenvalue weighted by molar-refractivity contribution is -0.152. The molecule has 0 aliphatic carbocycles. The van der Waals surface area contributed by atoms with Crippen LogP contribution in [0.15, 0.2) is 78.9 Å². The van der Waals surface area contributed by atoms with Gasteiger partial charge in [0.05, 0.1) is 24.6 Å². The lowest BCUT2D eigenvalue weighted by atomic mass is 9.75. The number of hydrogen-bond donors (Lipinski definition) is 1. The van der Waals surface area contributed by atoms with Crippen LogP contribution in [0.5, 0.6) is 0 Å². The molecule has 2 heterocycles. The van der Waals surface area contributed by atoms with Crippen LogP contribution in [0, 0.1) is 11.8 Å². The fraction of sp³-hybridized carbons (Fsp3) is 0.192. The number of imide groups is 1. The summed E-state index contributed by atoms with van der Waals surface area (Å²) in [7, 11) is 1.28. The molecule has 1 N–H and O–H groups in total. The molecule has 34 heavy (non-hydrogen) atoms. The van der Waals surface area contributed by atoms with Gasteiger partial charge in [0.25, 0.3) is 0 Å². The molecule has 2 aliphatic heterocycles. The number of halogens is 2. The highest BCUT2D eigenvalue weighted by Crippen LogP contribution is 2.54. The average Bonchev–Trinajstić information content (AvgIpc) is 3.35. The maximum Gasteiger partial charge on any atom is 0.331 e. The van der Waals surface area contributed by atoms with Crippen molar-refractivity contribution in [1.82, 2.24) is 5.32 Å². The molecule has 2 amide bonds. The third-order valence-corrected chi connectivity index (χ3v) is 7.11. The first-order valence-electron chi connectivity index (χ1n) is 10.7. The second kappa shape index (κ2) is 8.55. The number of benzene rings is 3. The maximum absolute atomic E-state index is 13.9. The monoisotopic (exact) mass is 494 g/mol. The van der Waals surface area contributed by atoms with Crippen LogP contribution in [0.1, 0.15) is 17.2 Å². The number of carbonyl (C=O) groups excluding carboxylic acids is 3. The van der Waals surface area contributed by atoms with E-state index in [2.05, 4.69) is 5.32 Å². The lowest BCUT2D eigenvalue weighted by Gasteiger charge is -2.33. The number of fused-ring (bicyclic) bond motifs is 1. The zero-order valence-corrected chi connectivity index (χ0v) is 19.6. The highest BCUT2D eigenvalue weighted by Gasteiger charge is 2.69. The van der Waals surface area contributed by atoms with Crippen LogP contribution in [-0.4, -0.2) is 24.9 Å². The first-order chi connectivity index (χ1) is 16.4. The van der Waals surface area contributed by atoms with Crippen molar-refractivity contribution in [3.05, 3.63) is 100 Å². The Balaban J connectivity index is 1.72. The first-order valence-corrected chi connectivity index (χ1v) is 11.4. The number of hydrogen-bond acceptors (Lipinski definition) is 5. The van der Waals surface area contributed by atoms with E-state index in [4.69, 9.17) is 27.9 Å². The Labute approximate surface area is 206 Å². The molecule has 0 saturated carbocycles. The Morgan fingerprint density at radius 2 is 1.47 bits per heavy atom. The van der Waals surface area contributed by atoms with Crippen molar-refractivity contribution in [3.63, 3.8) is 0 Å². The van der Waals surface area contributed by atoms with Gasteiger partial charge in [-0.2, -0.15) is 0 Å². The number of nitrogens with one attached hydrogen (secondary N) is 1. The number of anilines is 1. The zero-order chi connectivity index (χ0) is 24.0. The highest BCUT2D eigenvalue weighted by atomic mass is 35.5. The minimum atomic E-state index is -1.56. The predicted molar refractivity (Wildman–Crippen MR) is 128 cm³/mol. The van der Waals surface area contributed by atoms with Gasteiger partial charge < -0.3 is 4.74 Å². The third-order valence-electron chi connectivity index (χ3n) is 6.61. The molecule has 8 heteroatoms. The summed E-state index contributed by atoms with van der Waals surface area (Å²) in [4.78, 5) is 42.3. The van der Waals surface area contributed by atoms with Gasteiger partial charge in [0.2, 0.25) is 11.8 Å². The third kappa shape index (κ3) is 3.33. The Bertz CT molecular complexity index is 1260. The van der Waals surface area contributed by atoms with Crippen molar-refractivity contribution in [1.29, 1.82) is 0 Å². The second-order valence-corrected chi connectivity index (χ2v) is 9.20. The number of rotatable bonds is 4. The minimum absolute atomic E-state index is 0.397. The van der Waals surface area contributed by atoms with E-state index in [-0.39, 0.29) is 0 Å². The SMILES string of the molecule is COC(=O)[C@@]1(c2ccccc2)N[C@@H](c2ccc(Cl)cc2)[C@@H]2C(=O)N(c3ccc(Cl)cc3)C(=O)[C@@H]21. The molecule has 3 aromatic rings. The van der Waals surface area contributed by atoms with Crippen LogP contribution in [0.4, 0.5) is 5.69 Å². The van der Waals surface area contributed by atoms with E-state index in [0.717, 1.165) is 10.5 Å². The topological polar surface area (TPSA) is 75.7 Å². The van der Waals surface area contributed by atoms with Gasteiger partial charge in [-0.05, 0) is 47.5 Å². The summed E-state index contributed by atoms with van der Waals surface area (Å²) >= 11 is 12.1. The van der Waals surface area contributed by atoms with Crippen LogP contribution in [0.2, 0.25) is 10.0 Å². The van der Waals surface area contributed by atoms with Gasteiger partial charge in [0, 0.05) is 16.1 Å². The molecule has 0 radical (unpaired) electrons. The number of amides is 2. The molecular formula is C26H20Cl2N2O4. The zero-order valence-electron chi connectivity index (χ0n) is 18.1. The number of carbonyl (C=O) groups is 3. The van der Waals surface area contributed by atoms with E-state index in [1.165, 1.54) is 7.11 Å². The van der Waals surface area contributed by atoms with Crippen molar-refractivity contribution >= 4 is 46.7 Å². The molecule has 172 valence electrons. The molecule has 2 fully saturated rings. The Morgan fingerprint density at radius 3 is 2.06 bits per heavy atom. The number of esters is 1. The van der Waals surface area contributed by atoms with Gasteiger partial charge in [-0.1, -0.05) is 65.7 Å². The van der Waals surface area contributed by atoms with Gasteiger partial charge in [-0.3, -0.25) is 14.9 Å². The van der Waals surface area contributed by atoms with Crippen molar-refractivity contribution in [3.8, 4) is 0 Å². The Hall–Kier alpha value is -3.19. The fourth-order valence-electron chi connectivity index (χ4n) is 5.14. The molecule has 4 atom stereocenters. The van der Waals surface area contributed by atoms with Crippen molar-refractivity contribution in [2.75, 3.05) is 12.0 Å². The summed E-state index contributed by atoms with van der Waals surface area (Å²) in [6, 6.07) is 21.7. The molecule has 0 unspecified atom stereocenters. The molecule has 3 aromatic carbocycles. The highest BCUT2D eigenvalue weighted by molar-refractivity contribution is 6.31. The smallest absolute Gasteiger partial charge is 0.331 e. The van der Waals surface area contributed by atoms with E-state index in [9.17, 15) is 14.4 Å². The van der Waals surface area contributed by atoms with Gasteiger partial charge in [-0.25, -0.2) is 9.69 Å². The van der Waals surface area contributed by atoms with Crippen molar-refractivity contribution < 1.29 is 19.1 Å². The van der Waals surface area contributed by atoms with Crippen molar-refractivity contribution in [2.45, 2.75) is 11.6 Å². The maximum atomic E-state index is 13.9. The summed E-state index contributed by atoms with van der Waals surface area (Å²) in [5.74, 6) is -3.37. The van der Waals surface area contributed by atoms with E-state index in [0.29, 0.717) is 21.3 Å². The average molecular weight is 495 g/mol. The van der Waals surface area contributed by atoms with Gasteiger partial charge in [0.15, 0.2) is 5.54 Å². The first kappa shape index (κ1) is 22.6. The number of nitrogens with zero attached hydrogens (tertiary/aromatic N) is 1. The molecular weight excluding hydrogens is 475 g/mol. The molecule has 0 spiro atoms. The van der Waals surface area contributed by atoms with Crippen LogP contribution < -0.4 is 10.2 Å². The Morgan fingerprint density at radius 1 is 0.882 bits per heavy atom. The standard InChI is InChI=1S/C26H20Cl2N2O4/c1-34-25(33)26(16-5-3-2-4-6-16)21-20(22(29-26)15-7-9-17(27)10-8-15)23(31)30(24(21)32)19-13-11-18(28)12-14-19/h2-14,20-22,29H,1H3/t20-,21-,22+,26+/m1/s1. The molecule has 6 nitrogen and oxygen atoms in total. The van der Waals surface area contributed by atoms with E-state index in [1.54, 1.807) is 72.8 Å². The summed E-state index contributed by atoms with van der Waals surface area (Å²) in [6.45, 7) is 0. The second-order valence-electron chi connectivity index (χ2n) is 8.33. The minimum Gasteiger partial charge on any atom is -0.467 e. The summed E-state index contributed by atoms with van der Waals surface area (Å²) in [5, 5.41) is 4.37. The number of ether oxygens (including phenoxy) is 1. The lowest BCUT2D eigenvalue weighted by Crippen LogP contribution is -2.53. The van der Waals surface area contributed by atoms with E-state index in [1.807, 2.05) is 6.07 Å².